The maximum absolute atomic E-state index is 11.7. The smallest absolute Gasteiger partial charge is 0.258 e. The molecule has 0 amide bonds. The van der Waals surface area contributed by atoms with E-state index < -0.39 is 0 Å². The number of nitrogens with zero attached hydrogens (tertiary/aromatic N) is 2. The van der Waals surface area contributed by atoms with Crippen LogP contribution in [-0.2, 0) is 4.74 Å². The number of H-pyrrole nitrogens is 1. The Balaban J connectivity index is 1.96. The van der Waals surface area contributed by atoms with Crippen LogP contribution in [0.2, 0.25) is 0 Å². The van der Waals surface area contributed by atoms with Crippen LogP contribution in [0, 0.1) is 0 Å². The lowest BCUT2D eigenvalue weighted by atomic mass is 10.2. The van der Waals surface area contributed by atoms with Crippen LogP contribution in [0.25, 0.3) is 10.9 Å². The minimum Gasteiger partial charge on any atom is -0.492 e. The van der Waals surface area contributed by atoms with Gasteiger partial charge in [-0.25, -0.2) is 4.98 Å². The molecule has 6 heteroatoms. The molecule has 0 unspecified atom stereocenters. The summed E-state index contributed by atoms with van der Waals surface area (Å²) < 4.78 is 10.9. The Labute approximate surface area is 130 Å². The van der Waals surface area contributed by atoms with Crippen LogP contribution >= 0.6 is 0 Å². The molecule has 1 aromatic heterocycles. The van der Waals surface area contributed by atoms with Gasteiger partial charge in [0.05, 0.1) is 23.8 Å². The third-order valence-electron chi connectivity index (χ3n) is 3.57. The highest BCUT2D eigenvalue weighted by Gasteiger charge is 2.09. The molecule has 0 aliphatic heterocycles. The van der Waals surface area contributed by atoms with Crippen LogP contribution in [0.3, 0.4) is 0 Å². The molecule has 120 valence electrons. The van der Waals surface area contributed by atoms with Crippen LogP contribution in [0.4, 0.5) is 0 Å². The summed E-state index contributed by atoms with van der Waals surface area (Å²) in [5.74, 6) is 0.682. The maximum Gasteiger partial charge on any atom is 0.258 e. The quantitative estimate of drug-likeness (QED) is 0.803. The average molecular weight is 305 g/mol. The summed E-state index contributed by atoms with van der Waals surface area (Å²) in [7, 11) is 1.70. The topological polar surface area (TPSA) is 67.5 Å². The van der Waals surface area contributed by atoms with Gasteiger partial charge < -0.3 is 14.5 Å². The van der Waals surface area contributed by atoms with Crippen molar-refractivity contribution < 1.29 is 9.47 Å². The number of aromatic amines is 1. The van der Waals surface area contributed by atoms with Gasteiger partial charge in [-0.15, -0.1) is 0 Å². The zero-order valence-corrected chi connectivity index (χ0v) is 13.3. The van der Waals surface area contributed by atoms with E-state index in [9.17, 15) is 4.79 Å². The lowest BCUT2D eigenvalue weighted by Gasteiger charge is -2.25. The molecule has 0 saturated heterocycles. The van der Waals surface area contributed by atoms with Gasteiger partial charge >= 0.3 is 0 Å². The minimum absolute atomic E-state index is 0.153. The normalized spacial score (nSPS) is 11.5. The summed E-state index contributed by atoms with van der Waals surface area (Å²) in [6, 6.07) is 5.80. The van der Waals surface area contributed by atoms with E-state index in [0.29, 0.717) is 35.9 Å². The number of hydrogen-bond acceptors (Lipinski definition) is 5. The van der Waals surface area contributed by atoms with E-state index in [1.54, 1.807) is 19.2 Å². The first kappa shape index (κ1) is 16.5. The van der Waals surface area contributed by atoms with Gasteiger partial charge in [0.2, 0.25) is 0 Å². The molecule has 1 heterocycles. The molecule has 0 spiro atoms. The Morgan fingerprint density at radius 3 is 2.77 bits per heavy atom. The van der Waals surface area contributed by atoms with E-state index in [1.165, 1.54) is 6.33 Å². The fraction of sp³-hybridized carbons (Fsp3) is 0.500. The molecule has 1 aromatic carbocycles. The standard InChI is InChI=1S/C16H23N3O3/c1-12(2)19(6-8-21-3)7-9-22-13-4-5-15-14(10-13)16(20)18-11-17-15/h4-5,10-12H,6-9H2,1-3H3,(H,17,18,20). The number of nitrogens with one attached hydrogen (secondary N) is 1. The largest absolute Gasteiger partial charge is 0.492 e. The minimum atomic E-state index is -0.153. The molecule has 1 N–H and O–H groups in total. The lowest BCUT2D eigenvalue weighted by molar-refractivity contribution is 0.116. The molecular formula is C16H23N3O3. The van der Waals surface area contributed by atoms with E-state index in [1.807, 2.05) is 6.07 Å². The van der Waals surface area contributed by atoms with Crippen LogP contribution in [0.5, 0.6) is 5.75 Å². The average Bonchev–Trinajstić information content (AvgIpc) is 2.51. The number of fused-ring (bicyclic) bond motifs is 1. The van der Waals surface area contributed by atoms with E-state index in [4.69, 9.17) is 9.47 Å². The van der Waals surface area contributed by atoms with Gasteiger partial charge in [-0.3, -0.25) is 9.69 Å². The number of methoxy groups -OCH3 is 1. The number of hydrogen-bond donors (Lipinski definition) is 1. The first-order valence-electron chi connectivity index (χ1n) is 7.45. The first-order chi connectivity index (χ1) is 10.6. The van der Waals surface area contributed by atoms with Gasteiger partial charge in [0, 0.05) is 26.2 Å². The van der Waals surface area contributed by atoms with Crippen molar-refractivity contribution in [3.63, 3.8) is 0 Å². The summed E-state index contributed by atoms with van der Waals surface area (Å²) in [5, 5.41) is 0.542. The third-order valence-corrected chi connectivity index (χ3v) is 3.57. The van der Waals surface area contributed by atoms with Gasteiger partial charge in [0.15, 0.2) is 0 Å². The molecule has 0 saturated carbocycles. The van der Waals surface area contributed by atoms with Crippen molar-refractivity contribution in [3.8, 4) is 5.75 Å². The third kappa shape index (κ3) is 4.29. The second kappa shape index (κ2) is 7.91. The molecule has 0 aliphatic rings. The van der Waals surface area contributed by atoms with Gasteiger partial charge in [0.1, 0.15) is 12.4 Å². The molecule has 0 bridgehead atoms. The van der Waals surface area contributed by atoms with E-state index in [2.05, 4.69) is 28.7 Å². The zero-order chi connectivity index (χ0) is 15.9. The second-order valence-corrected chi connectivity index (χ2v) is 5.38. The van der Waals surface area contributed by atoms with Crippen molar-refractivity contribution >= 4 is 10.9 Å². The van der Waals surface area contributed by atoms with E-state index in [0.717, 1.165) is 13.1 Å². The van der Waals surface area contributed by atoms with Crippen molar-refractivity contribution in [3.05, 3.63) is 34.9 Å². The van der Waals surface area contributed by atoms with Gasteiger partial charge in [-0.2, -0.15) is 0 Å². The fourth-order valence-electron chi connectivity index (χ4n) is 2.26. The Bertz CT molecular complexity index is 654. The van der Waals surface area contributed by atoms with Gasteiger partial charge in [-0.05, 0) is 32.0 Å². The van der Waals surface area contributed by atoms with Gasteiger partial charge in [-0.1, -0.05) is 0 Å². The summed E-state index contributed by atoms with van der Waals surface area (Å²) >= 11 is 0. The van der Waals surface area contributed by atoms with Crippen LogP contribution in [-0.4, -0.2) is 54.3 Å². The summed E-state index contributed by atoms with van der Waals surface area (Å²) in [6.45, 7) is 7.25. The van der Waals surface area contributed by atoms with Crippen molar-refractivity contribution in [1.82, 2.24) is 14.9 Å². The number of benzene rings is 1. The maximum atomic E-state index is 11.7. The summed E-state index contributed by atoms with van der Waals surface area (Å²) in [6.07, 6.45) is 1.40. The molecule has 0 fully saturated rings. The zero-order valence-electron chi connectivity index (χ0n) is 13.3. The first-order valence-corrected chi connectivity index (χ1v) is 7.45. The van der Waals surface area contributed by atoms with E-state index >= 15 is 0 Å². The highest BCUT2D eigenvalue weighted by atomic mass is 16.5. The Kier molecular flexibility index (Phi) is 5.91. The molecule has 0 radical (unpaired) electrons. The Hall–Kier alpha value is -1.92. The summed E-state index contributed by atoms with van der Waals surface area (Å²) in [4.78, 5) is 20.7. The van der Waals surface area contributed by atoms with Crippen LogP contribution in [0.15, 0.2) is 29.3 Å². The predicted octanol–water partition coefficient (Wildman–Crippen LogP) is 1.66. The van der Waals surface area contributed by atoms with Crippen molar-refractivity contribution in [2.45, 2.75) is 19.9 Å². The lowest BCUT2D eigenvalue weighted by Crippen LogP contribution is -2.37. The van der Waals surface area contributed by atoms with Crippen molar-refractivity contribution in [1.29, 1.82) is 0 Å². The molecule has 0 atom stereocenters. The number of aromatic nitrogens is 2. The summed E-state index contributed by atoms with van der Waals surface area (Å²) in [5.41, 5.74) is 0.513. The molecule has 2 rings (SSSR count). The van der Waals surface area contributed by atoms with Crippen molar-refractivity contribution in [2.75, 3.05) is 33.4 Å². The van der Waals surface area contributed by atoms with Crippen LogP contribution in [0.1, 0.15) is 13.8 Å². The SMILES string of the molecule is COCCN(CCOc1ccc2nc[nH]c(=O)c2c1)C(C)C. The molecule has 0 aliphatic carbocycles. The monoisotopic (exact) mass is 305 g/mol. The van der Waals surface area contributed by atoms with Crippen molar-refractivity contribution in [2.24, 2.45) is 0 Å². The second-order valence-electron chi connectivity index (χ2n) is 5.38. The Morgan fingerprint density at radius 2 is 2.05 bits per heavy atom. The Morgan fingerprint density at radius 1 is 1.27 bits per heavy atom. The highest BCUT2D eigenvalue weighted by Crippen LogP contribution is 2.16. The highest BCUT2D eigenvalue weighted by molar-refractivity contribution is 5.78. The molecule has 22 heavy (non-hydrogen) atoms. The fourth-order valence-corrected chi connectivity index (χ4v) is 2.26. The van der Waals surface area contributed by atoms with E-state index in [-0.39, 0.29) is 5.56 Å². The molecule has 6 nitrogen and oxygen atoms in total. The number of ether oxygens (including phenoxy) is 2. The molecular weight excluding hydrogens is 282 g/mol. The molecule has 2 aromatic rings. The van der Waals surface area contributed by atoms with Gasteiger partial charge in [0.25, 0.3) is 5.56 Å². The number of rotatable bonds is 8. The van der Waals surface area contributed by atoms with Crippen LogP contribution < -0.4 is 10.3 Å². The predicted molar refractivity (Wildman–Crippen MR) is 86.4 cm³/mol.